The van der Waals surface area contributed by atoms with Crippen LogP contribution in [0.5, 0.6) is 11.6 Å². The van der Waals surface area contributed by atoms with E-state index in [1.165, 1.54) is 24.3 Å². The lowest BCUT2D eigenvalue weighted by Gasteiger charge is -2.06. The second kappa shape index (κ2) is 5.50. The van der Waals surface area contributed by atoms with Gasteiger partial charge in [0.05, 0.1) is 4.92 Å². The van der Waals surface area contributed by atoms with E-state index in [4.69, 9.17) is 16.3 Å². The van der Waals surface area contributed by atoms with E-state index >= 15 is 0 Å². The Hall–Kier alpha value is -1.73. The molecule has 0 atom stereocenters. The zero-order valence-corrected chi connectivity index (χ0v) is 11.5. The SMILES string of the molecule is O=[N+]([O-])c1ccc(Cl)nc1Oc1ccc(Br)cc1F. The summed E-state index contributed by atoms with van der Waals surface area (Å²) in [6, 6.07) is 6.43. The third kappa shape index (κ3) is 3.18. The Morgan fingerprint density at radius 2 is 2.11 bits per heavy atom. The smallest absolute Gasteiger partial charge is 0.331 e. The first kappa shape index (κ1) is 13.7. The normalized spacial score (nSPS) is 10.3. The minimum atomic E-state index is -0.685. The molecule has 0 radical (unpaired) electrons. The summed E-state index contributed by atoms with van der Waals surface area (Å²) in [5.74, 6) is -1.22. The third-order valence-corrected chi connectivity index (χ3v) is 2.81. The van der Waals surface area contributed by atoms with E-state index < -0.39 is 16.4 Å². The number of nitro groups is 1. The summed E-state index contributed by atoms with van der Waals surface area (Å²) in [5, 5.41) is 10.8. The second-order valence-electron chi connectivity index (χ2n) is 3.39. The summed E-state index contributed by atoms with van der Waals surface area (Å²) in [6.07, 6.45) is 0. The summed E-state index contributed by atoms with van der Waals surface area (Å²) < 4.78 is 19.2. The van der Waals surface area contributed by atoms with Crippen LogP contribution < -0.4 is 4.74 Å². The number of hydrogen-bond acceptors (Lipinski definition) is 4. The van der Waals surface area contributed by atoms with Crippen LogP contribution in [0, 0.1) is 15.9 Å². The quantitative estimate of drug-likeness (QED) is 0.471. The molecule has 0 aliphatic rings. The van der Waals surface area contributed by atoms with Crippen LogP contribution in [0.1, 0.15) is 0 Å². The van der Waals surface area contributed by atoms with Gasteiger partial charge < -0.3 is 4.74 Å². The van der Waals surface area contributed by atoms with E-state index in [-0.39, 0.29) is 16.8 Å². The molecular formula is C11H5BrClFN2O3. The van der Waals surface area contributed by atoms with Gasteiger partial charge in [0.1, 0.15) is 5.15 Å². The van der Waals surface area contributed by atoms with Crippen LogP contribution in [0.25, 0.3) is 0 Å². The molecule has 0 saturated heterocycles. The first-order valence-corrected chi connectivity index (χ1v) is 6.08. The van der Waals surface area contributed by atoms with Crippen molar-refractivity contribution in [2.45, 2.75) is 0 Å². The number of nitrogens with zero attached hydrogens (tertiary/aromatic N) is 2. The maximum Gasteiger partial charge on any atom is 0.331 e. The van der Waals surface area contributed by atoms with E-state index in [0.717, 1.165) is 6.07 Å². The summed E-state index contributed by atoms with van der Waals surface area (Å²) in [4.78, 5) is 13.8. The summed E-state index contributed by atoms with van der Waals surface area (Å²) >= 11 is 8.73. The minimum absolute atomic E-state index is 0.0121. The van der Waals surface area contributed by atoms with Crippen molar-refractivity contribution in [2.24, 2.45) is 0 Å². The average molecular weight is 348 g/mol. The lowest BCUT2D eigenvalue weighted by atomic mass is 10.3. The number of aromatic nitrogens is 1. The van der Waals surface area contributed by atoms with Gasteiger partial charge in [-0.05, 0) is 24.3 Å². The van der Waals surface area contributed by atoms with Gasteiger partial charge in [-0.1, -0.05) is 27.5 Å². The lowest BCUT2D eigenvalue weighted by molar-refractivity contribution is -0.386. The van der Waals surface area contributed by atoms with Crippen LogP contribution in [0.2, 0.25) is 5.15 Å². The van der Waals surface area contributed by atoms with Gasteiger partial charge in [-0.15, -0.1) is 0 Å². The average Bonchev–Trinajstić information content (AvgIpc) is 2.32. The molecule has 0 aliphatic heterocycles. The largest absolute Gasteiger partial charge is 0.431 e. The number of benzene rings is 1. The molecule has 0 fully saturated rings. The van der Waals surface area contributed by atoms with Crippen LogP contribution in [-0.2, 0) is 0 Å². The molecule has 0 unspecified atom stereocenters. The van der Waals surface area contributed by atoms with Gasteiger partial charge in [-0.3, -0.25) is 10.1 Å². The van der Waals surface area contributed by atoms with E-state index in [9.17, 15) is 14.5 Å². The first-order valence-electron chi connectivity index (χ1n) is 4.91. The minimum Gasteiger partial charge on any atom is -0.431 e. The molecule has 8 heteroatoms. The highest BCUT2D eigenvalue weighted by Gasteiger charge is 2.19. The van der Waals surface area contributed by atoms with E-state index in [1.807, 2.05) is 0 Å². The molecule has 19 heavy (non-hydrogen) atoms. The topological polar surface area (TPSA) is 65.3 Å². The van der Waals surface area contributed by atoms with Crippen molar-refractivity contribution in [3.05, 3.63) is 55.9 Å². The molecule has 1 heterocycles. The van der Waals surface area contributed by atoms with E-state index in [1.54, 1.807) is 0 Å². The van der Waals surface area contributed by atoms with Gasteiger partial charge in [0.25, 0.3) is 0 Å². The van der Waals surface area contributed by atoms with Gasteiger partial charge in [0.2, 0.25) is 0 Å². The Balaban J connectivity index is 2.42. The van der Waals surface area contributed by atoms with Gasteiger partial charge >= 0.3 is 11.6 Å². The fourth-order valence-electron chi connectivity index (χ4n) is 1.29. The molecule has 0 N–H and O–H groups in total. The number of rotatable bonds is 3. The summed E-state index contributed by atoms with van der Waals surface area (Å²) in [5.41, 5.74) is -0.397. The highest BCUT2D eigenvalue weighted by molar-refractivity contribution is 9.10. The molecule has 1 aromatic heterocycles. The molecule has 0 saturated carbocycles. The van der Waals surface area contributed by atoms with Crippen molar-refractivity contribution in [1.29, 1.82) is 0 Å². The van der Waals surface area contributed by atoms with Crippen molar-refractivity contribution >= 4 is 33.2 Å². The maximum atomic E-state index is 13.6. The zero-order valence-electron chi connectivity index (χ0n) is 9.14. The predicted molar refractivity (Wildman–Crippen MR) is 70.1 cm³/mol. The van der Waals surface area contributed by atoms with Gasteiger partial charge in [0.15, 0.2) is 11.6 Å². The molecular weight excluding hydrogens is 342 g/mol. The van der Waals surface area contributed by atoms with Gasteiger partial charge in [0, 0.05) is 10.5 Å². The molecule has 2 rings (SSSR count). The molecule has 5 nitrogen and oxygen atoms in total. The Labute approximate surface area is 120 Å². The van der Waals surface area contributed by atoms with Crippen molar-refractivity contribution in [1.82, 2.24) is 4.98 Å². The molecule has 1 aromatic carbocycles. The van der Waals surface area contributed by atoms with Crippen molar-refractivity contribution < 1.29 is 14.1 Å². The van der Waals surface area contributed by atoms with Crippen molar-refractivity contribution in [2.75, 3.05) is 0 Å². The van der Waals surface area contributed by atoms with Gasteiger partial charge in [-0.2, -0.15) is 4.98 Å². The van der Waals surface area contributed by atoms with Crippen molar-refractivity contribution in [3.8, 4) is 11.6 Å². The fourth-order valence-corrected chi connectivity index (χ4v) is 1.76. The summed E-state index contributed by atoms with van der Waals surface area (Å²) in [6.45, 7) is 0. The lowest BCUT2D eigenvalue weighted by Crippen LogP contribution is -1.97. The number of hydrogen-bond donors (Lipinski definition) is 0. The molecule has 0 amide bonds. The highest BCUT2D eigenvalue weighted by atomic mass is 79.9. The fraction of sp³-hybridized carbons (Fsp3) is 0. The molecule has 0 spiro atoms. The number of ether oxygens (including phenoxy) is 1. The zero-order chi connectivity index (χ0) is 14.0. The maximum absolute atomic E-state index is 13.6. The first-order chi connectivity index (χ1) is 8.97. The standard InChI is InChI=1S/C11H5BrClFN2O3/c12-6-1-3-9(7(14)5-6)19-11-8(16(17)18)2-4-10(13)15-11/h1-5H. The summed E-state index contributed by atoms with van der Waals surface area (Å²) in [7, 11) is 0. The monoisotopic (exact) mass is 346 g/mol. The molecule has 2 aromatic rings. The Morgan fingerprint density at radius 3 is 2.74 bits per heavy atom. The van der Waals surface area contributed by atoms with Crippen LogP contribution in [0.4, 0.5) is 10.1 Å². The Morgan fingerprint density at radius 1 is 1.37 bits per heavy atom. The highest BCUT2D eigenvalue weighted by Crippen LogP contribution is 2.32. The predicted octanol–water partition coefficient (Wildman–Crippen LogP) is 4.34. The van der Waals surface area contributed by atoms with E-state index in [0.29, 0.717) is 4.47 Å². The third-order valence-electron chi connectivity index (χ3n) is 2.10. The van der Waals surface area contributed by atoms with Crippen LogP contribution in [0.15, 0.2) is 34.8 Å². The van der Waals surface area contributed by atoms with E-state index in [2.05, 4.69) is 20.9 Å². The van der Waals surface area contributed by atoms with Gasteiger partial charge in [-0.25, -0.2) is 4.39 Å². The second-order valence-corrected chi connectivity index (χ2v) is 4.70. The molecule has 0 aliphatic carbocycles. The molecule has 98 valence electrons. The molecule has 0 bridgehead atoms. The van der Waals surface area contributed by atoms with Crippen LogP contribution in [-0.4, -0.2) is 9.91 Å². The van der Waals surface area contributed by atoms with Crippen LogP contribution >= 0.6 is 27.5 Å². The van der Waals surface area contributed by atoms with Crippen molar-refractivity contribution in [3.63, 3.8) is 0 Å². The Kier molecular flexibility index (Phi) is 3.96. The Bertz CT molecular complexity index is 654. The van der Waals surface area contributed by atoms with Crippen LogP contribution in [0.3, 0.4) is 0 Å². The number of halogens is 3. The number of pyridine rings is 1.